The lowest BCUT2D eigenvalue weighted by Crippen LogP contribution is -2.08. The van der Waals surface area contributed by atoms with Crippen LogP contribution in [0.3, 0.4) is 0 Å². The number of aromatic nitrogens is 2. The maximum atomic E-state index is 14.8. The first-order valence-corrected chi connectivity index (χ1v) is 9.71. The first kappa shape index (κ1) is 21.5. The summed E-state index contributed by atoms with van der Waals surface area (Å²) in [5.41, 5.74) is 8.61. The van der Waals surface area contributed by atoms with Crippen molar-refractivity contribution in [3.8, 4) is 11.5 Å². The second-order valence-corrected chi connectivity index (χ2v) is 7.23. The monoisotopic (exact) mass is 441 g/mol. The van der Waals surface area contributed by atoms with E-state index in [4.69, 9.17) is 19.6 Å². The van der Waals surface area contributed by atoms with Gasteiger partial charge in [0.25, 0.3) is 0 Å². The van der Waals surface area contributed by atoms with Gasteiger partial charge in [-0.3, -0.25) is 0 Å². The van der Waals surface area contributed by atoms with Crippen LogP contribution in [0.5, 0.6) is 11.5 Å². The number of nitrogens with two attached hydrogens (primary N) is 1. The van der Waals surface area contributed by atoms with Crippen molar-refractivity contribution in [2.75, 3.05) is 20.0 Å². The summed E-state index contributed by atoms with van der Waals surface area (Å²) in [5, 5.41) is 10.7. The lowest BCUT2D eigenvalue weighted by Gasteiger charge is -2.15. The summed E-state index contributed by atoms with van der Waals surface area (Å²) in [6.07, 6.45) is 0.0818. The minimum absolute atomic E-state index is 0.102. The number of aliphatic hydroxyl groups is 1. The Kier molecular flexibility index (Phi) is 5.67. The average Bonchev–Trinajstić information content (AvgIpc) is 3.20. The highest BCUT2D eigenvalue weighted by Gasteiger charge is 2.29. The van der Waals surface area contributed by atoms with E-state index in [2.05, 4.69) is 9.97 Å². The fraction of sp³-hybridized carbons (Fsp3) is 0.217. The number of hydrogen-bond acceptors (Lipinski definition) is 7. The van der Waals surface area contributed by atoms with Gasteiger partial charge in [-0.1, -0.05) is 12.1 Å². The van der Waals surface area contributed by atoms with Crippen molar-refractivity contribution >= 4 is 16.8 Å². The number of fused-ring (bicyclic) bond motifs is 1. The summed E-state index contributed by atoms with van der Waals surface area (Å²) < 4.78 is 45.0. The van der Waals surface area contributed by atoms with E-state index in [0.717, 1.165) is 17.2 Å². The van der Waals surface area contributed by atoms with Gasteiger partial charge in [0.05, 0.1) is 26.0 Å². The molecule has 1 atom stereocenters. The number of anilines is 1. The number of rotatable bonds is 6. The largest absolute Gasteiger partial charge is 0.494 e. The van der Waals surface area contributed by atoms with E-state index in [1.54, 1.807) is 6.07 Å². The molecule has 4 aromatic rings. The fourth-order valence-electron chi connectivity index (χ4n) is 3.53. The van der Waals surface area contributed by atoms with Crippen molar-refractivity contribution < 1.29 is 27.8 Å². The normalized spacial score (nSPS) is 12.2. The van der Waals surface area contributed by atoms with Crippen molar-refractivity contribution in [3.05, 3.63) is 76.4 Å². The summed E-state index contributed by atoms with van der Waals surface area (Å²) in [7, 11) is 2.46. The Labute approximate surface area is 182 Å². The van der Waals surface area contributed by atoms with Crippen LogP contribution in [0, 0.1) is 18.6 Å². The average molecular weight is 441 g/mol. The zero-order valence-corrected chi connectivity index (χ0v) is 17.6. The first-order chi connectivity index (χ1) is 15.3. The number of halogens is 2. The van der Waals surface area contributed by atoms with Gasteiger partial charge in [-0.15, -0.1) is 0 Å². The van der Waals surface area contributed by atoms with Crippen molar-refractivity contribution in [3.63, 3.8) is 0 Å². The molecule has 4 rings (SSSR count). The van der Waals surface area contributed by atoms with Crippen LogP contribution in [0.25, 0.3) is 11.1 Å². The van der Waals surface area contributed by atoms with E-state index in [0.29, 0.717) is 23.4 Å². The Morgan fingerprint density at radius 3 is 2.44 bits per heavy atom. The quantitative estimate of drug-likeness (QED) is 0.435. The first-order valence-electron chi connectivity index (χ1n) is 9.71. The third kappa shape index (κ3) is 3.71. The molecular formula is C23H21F2N3O4. The van der Waals surface area contributed by atoms with E-state index in [9.17, 15) is 13.9 Å². The molecule has 0 saturated heterocycles. The van der Waals surface area contributed by atoms with Crippen LogP contribution >= 0.6 is 0 Å². The Morgan fingerprint density at radius 1 is 1.12 bits per heavy atom. The minimum atomic E-state index is -1.76. The minimum Gasteiger partial charge on any atom is -0.494 e. The molecule has 32 heavy (non-hydrogen) atoms. The summed E-state index contributed by atoms with van der Waals surface area (Å²) >= 11 is 0. The predicted octanol–water partition coefficient (Wildman–Crippen LogP) is 4.08. The zero-order valence-electron chi connectivity index (χ0n) is 17.6. The molecule has 1 unspecified atom stereocenters. The van der Waals surface area contributed by atoms with Gasteiger partial charge in [0.2, 0.25) is 0 Å². The van der Waals surface area contributed by atoms with Crippen LogP contribution in [0.1, 0.15) is 34.4 Å². The van der Waals surface area contributed by atoms with E-state index < -0.39 is 23.3 Å². The van der Waals surface area contributed by atoms with Crippen molar-refractivity contribution in [2.24, 2.45) is 0 Å². The second kappa shape index (κ2) is 8.43. The van der Waals surface area contributed by atoms with Crippen LogP contribution in [-0.4, -0.2) is 29.3 Å². The summed E-state index contributed by atoms with van der Waals surface area (Å²) in [6.45, 7) is 1.95. The summed E-state index contributed by atoms with van der Waals surface area (Å²) in [6, 6.07) is 8.10. The number of hydrogen-bond donors (Lipinski definition) is 2. The van der Waals surface area contributed by atoms with Crippen molar-refractivity contribution in [1.29, 1.82) is 0 Å². The van der Waals surface area contributed by atoms with E-state index >= 15 is 0 Å². The third-order valence-electron chi connectivity index (χ3n) is 5.27. The van der Waals surface area contributed by atoms with Crippen LogP contribution in [0.4, 0.5) is 14.5 Å². The Balaban J connectivity index is 1.72. The van der Waals surface area contributed by atoms with Crippen molar-refractivity contribution in [1.82, 2.24) is 9.97 Å². The standard InChI is InChI=1S/C23H21F2N3O4/c1-11-5-4-6-13(26)12(11)7-19-27-10-18-14(28-19)8-17(32-18)23(29)20-21(24)15(30-2)9-16(31-3)22(20)25/h4-6,8-10,23,29H,7,26H2,1-3H3. The van der Waals surface area contributed by atoms with Crippen LogP contribution in [0.2, 0.25) is 0 Å². The smallest absolute Gasteiger partial charge is 0.174 e. The highest BCUT2D eigenvalue weighted by atomic mass is 19.1. The number of nitrogens with zero attached hydrogens (tertiary/aromatic N) is 2. The molecule has 0 spiro atoms. The number of benzene rings is 2. The summed E-state index contributed by atoms with van der Waals surface area (Å²) in [4.78, 5) is 8.74. The van der Waals surface area contributed by atoms with Crippen LogP contribution < -0.4 is 15.2 Å². The van der Waals surface area contributed by atoms with Crippen molar-refractivity contribution in [2.45, 2.75) is 19.4 Å². The summed E-state index contributed by atoms with van der Waals surface area (Å²) in [5.74, 6) is -2.27. The van der Waals surface area contributed by atoms with Crippen LogP contribution in [-0.2, 0) is 6.42 Å². The fourth-order valence-corrected chi connectivity index (χ4v) is 3.53. The molecule has 0 aliphatic heterocycles. The van der Waals surface area contributed by atoms with Gasteiger partial charge >= 0.3 is 0 Å². The molecule has 2 aromatic carbocycles. The molecule has 0 saturated carbocycles. The highest BCUT2D eigenvalue weighted by Crippen LogP contribution is 2.38. The molecule has 9 heteroatoms. The lowest BCUT2D eigenvalue weighted by molar-refractivity contribution is 0.179. The Morgan fingerprint density at radius 2 is 1.81 bits per heavy atom. The molecule has 3 N–H and O–H groups in total. The SMILES string of the molecule is COc1cc(OC)c(F)c(C(O)c2cc3nc(Cc4c(C)cccc4N)ncc3o2)c1F. The number of aryl methyl sites for hydroxylation is 1. The molecule has 2 aromatic heterocycles. The highest BCUT2D eigenvalue weighted by molar-refractivity contribution is 5.72. The molecule has 0 radical (unpaired) electrons. The van der Waals surface area contributed by atoms with E-state index in [1.807, 2.05) is 19.1 Å². The van der Waals surface area contributed by atoms with Gasteiger partial charge in [0, 0.05) is 24.2 Å². The molecule has 0 fully saturated rings. The third-order valence-corrected chi connectivity index (χ3v) is 5.27. The molecule has 7 nitrogen and oxygen atoms in total. The molecule has 0 amide bonds. The zero-order chi connectivity index (χ0) is 23.0. The van der Waals surface area contributed by atoms with Crippen LogP contribution in [0.15, 0.2) is 40.9 Å². The number of furan rings is 1. The molecule has 2 heterocycles. The van der Waals surface area contributed by atoms with E-state index in [-0.39, 0.29) is 22.8 Å². The number of nitrogen functional groups attached to an aromatic ring is 1. The molecule has 0 bridgehead atoms. The van der Waals surface area contributed by atoms with Gasteiger partial charge < -0.3 is 24.7 Å². The lowest BCUT2D eigenvalue weighted by atomic mass is 10.0. The number of methoxy groups -OCH3 is 2. The topological polar surface area (TPSA) is 104 Å². The number of aliphatic hydroxyl groups excluding tert-OH is 1. The van der Waals surface area contributed by atoms with Gasteiger partial charge in [-0.25, -0.2) is 18.7 Å². The Hall–Kier alpha value is -3.72. The maximum absolute atomic E-state index is 14.8. The van der Waals surface area contributed by atoms with Gasteiger partial charge in [0.15, 0.2) is 28.7 Å². The second-order valence-electron chi connectivity index (χ2n) is 7.23. The molecule has 0 aliphatic rings. The predicted molar refractivity (Wildman–Crippen MR) is 114 cm³/mol. The molecule has 0 aliphatic carbocycles. The van der Waals surface area contributed by atoms with Gasteiger partial charge in [-0.05, 0) is 24.1 Å². The Bertz CT molecular complexity index is 1260. The number of ether oxygens (including phenoxy) is 2. The molecule has 166 valence electrons. The maximum Gasteiger partial charge on any atom is 0.174 e. The van der Waals surface area contributed by atoms with Gasteiger partial charge in [0.1, 0.15) is 23.2 Å². The molecular weight excluding hydrogens is 420 g/mol. The van der Waals surface area contributed by atoms with Gasteiger partial charge in [-0.2, -0.15) is 0 Å². The van der Waals surface area contributed by atoms with E-state index in [1.165, 1.54) is 26.5 Å².